The fourth-order valence-electron chi connectivity index (χ4n) is 1.28. The van der Waals surface area contributed by atoms with Gasteiger partial charge < -0.3 is 5.32 Å². The van der Waals surface area contributed by atoms with Crippen LogP contribution in [0.3, 0.4) is 0 Å². The van der Waals surface area contributed by atoms with Crippen LogP contribution < -0.4 is 10.2 Å². The summed E-state index contributed by atoms with van der Waals surface area (Å²) in [6.45, 7) is 4.45. The van der Waals surface area contributed by atoms with Gasteiger partial charge in [-0.3, -0.25) is 4.90 Å². The largest absolute Gasteiger partial charge is 0.325 e. The first kappa shape index (κ1) is 11.3. The second-order valence-electron chi connectivity index (χ2n) is 3.03. The zero-order valence-corrected chi connectivity index (χ0v) is 9.10. The summed E-state index contributed by atoms with van der Waals surface area (Å²) >= 11 is 0. The van der Waals surface area contributed by atoms with Crippen LogP contribution in [-0.4, -0.2) is 12.6 Å². The molecule has 0 saturated heterocycles. The number of urea groups is 1. The molecule has 0 aliphatic rings. The molecule has 0 atom stereocenters. The lowest BCUT2D eigenvalue weighted by Gasteiger charge is -2.20. The summed E-state index contributed by atoms with van der Waals surface area (Å²) < 4.78 is 0. The molecule has 2 amide bonds. The molecular formula is C12H16N2O. The molecule has 0 spiro atoms. The maximum atomic E-state index is 11.7. The number of allylic oxidation sites excluding steroid dienone is 1. The van der Waals surface area contributed by atoms with Crippen molar-refractivity contribution in [2.75, 3.05) is 11.4 Å². The monoisotopic (exact) mass is 204 g/mol. The van der Waals surface area contributed by atoms with Gasteiger partial charge in [0.05, 0.1) is 0 Å². The normalized spacial score (nSPS) is 10.3. The number of nitrogens with one attached hydrogen (secondary N) is 1. The van der Waals surface area contributed by atoms with Gasteiger partial charge in [-0.2, -0.15) is 0 Å². The third-order valence-corrected chi connectivity index (χ3v) is 2.00. The molecular weight excluding hydrogens is 188 g/mol. The van der Waals surface area contributed by atoms with E-state index in [-0.39, 0.29) is 6.03 Å². The number of nitrogens with zero attached hydrogens (tertiary/aromatic N) is 1. The molecule has 3 heteroatoms. The number of rotatable bonds is 3. The van der Waals surface area contributed by atoms with E-state index in [1.165, 1.54) is 0 Å². The standard InChI is InChI=1S/C12H16N2O/c1-3-10-13-12(15)14(4-2)11-8-6-5-7-9-11/h3,5-10H,4H2,1-2H3,(H,13,15)/b10-3+. The number of carbonyl (C=O) groups excluding carboxylic acids is 1. The number of hydrogen-bond acceptors (Lipinski definition) is 1. The quantitative estimate of drug-likeness (QED) is 0.806. The Morgan fingerprint density at radius 1 is 1.40 bits per heavy atom. The number of carbonyl (C=O) groups is 1. The van der Waals surface area contributed by atoms with Gasteiger partial charge in [-0.1, -0.05) is 24.3 Å². The minimum Gasteiger partial charge on any atom is -0.315 e. The van der Waals surface area contributed by atoms with Crippen LogP contribution in [0.1, 0.15) is 13.8 Å². The van der Waals surface area contributed by atoms with Crippen molar-refractivity contribution in [3.63, 3.8) is 0 Å². The highest BCUT2D eigenvalue weighted by Crippen LogP contribution is 2.12. The van der Waals surface area contributed by atoms with Gasteiger partial charge in [0.25, 0.3) is 0 Å². The van der Waals surface area contributed by atoms with E-state index < -0.39 is 0 Å². The second-order valence-corrected chi connectivity index (χ2v) is 3.03. The van der Waals surface area contributed by atoms with E-state index in [4.69, 9.17) is 0 Å². The van der Waals surface area contributed by atoms with E-state index in [0.717, 1.165) is 5.69 Å². The summed E-state index contributed by atoms with van der Waals surface area (Å²) in [6.07, 6.45) is 3.42. The van der Waals surface area contributed by atoms with Crippen LogP contribution >= 0.6 is 0 Å². The number of benzene rings is 1. The number of anilines is 1. The molecule has 0 saturated carbocycles. The van der Waals surface area contributed by atoms with Crippen molar-refractivity contribution >= 4 is 11.7 Å². The smallest absolute Gasteiger partial charge is 0.315 e. The Hall–Kier alpha value is -1.77. The van der Waals surface area contributed by atoms with E-state index in [1.54, 1.807) is 17.2 Å². The molecule has 0 aliphatic heterocycles. The van der Waals surface area contributed by atoms with Crippen LogP contribution in [0.2, 0.25) is 0 Å². The highest BCUT2D eigenvalue weighted by atomic mass is 16.2. The Morgan fingerprint density at radius 2 is 2.07 bits per heavy atom. The van der Waals surface area contributed by atoms with Gasteiger partial charge in [-0.05, 0) is 26.0 Å². The van der Waals surface area contributed by atoms with E-state index >= 15 is 0 Å². The van der Waals surface area contributed by atoms with Gasteiger partial charge in [-0.15, -0.1) is 0 Å². The van der Waals surface area contributed by atoms with Crippen molar-refractivity contribution in [2.45, 2.75) is 13.8 Å². The first-order valence-corrected chi connectivity index (χ1v) is 5.03. The van der Waals surface area contributed by atoms with Crippen molar-refractivity contribution < 1.29 is 4.79 Å². The topological polar surface area (TPSA) is 32.3 Å². The average Bonchev–Trinajstić information content (AvgIpc) is 2.29. The van der Waals surface area contributed by atoms with Gasteiger partial charge in [0.15, 0.2) is 0 Å². The molecule has 0 heterocycles. The zero-order chi connectivity index (χ0) is 11.1. The van der Waals surface area contributed by atoms with E-state index in [1.807, 2.05) is 44.2 Å². The number of hydrogen-bond donors (Lipinski definition) is 1. The van der Waals surface area contributed by atoms with Crippen LogP contribution in [0.5, 0.6) is 0 Å². The van der Waals surface area contributed by atoms with Gasteiger partial charge in [0, 0.05) is 18.4 Å². The summed E-state index contributed by atoms with van der Waals surface area (Å²) in [5.41, 5.74) is 0.905. The number of para-hydroxylation sites is 1. The van der Waals surface area contributed by atoms with Gasteiger partial charge in [-0.25, -0.2) is 4.79 Å². The maximum Gasteiger partial charge on any atom is 0.325 e. The molecule has 0 unspecified atom stereocenters. The zero-order valence-electron chi connectivity index (χ0n) is 9.10. The SMILES string of the molecule is C/C=C/NC(=O)N(CC)c1ccccc1. The summed E-state index contributed by atoms with van der Waals surface area (Å²) in [5, 5.41) is 2.69. The minimum absolute atomic E-state index is 0.109. The van der Waals surface area contributed by atoms with E-state index in [0.29, 0.717) is 6.54 Å². The van der Waals surface area contributed by atoms with Crippen molar-refractivity contribution in [1.29, 1.82) is 0 Å². The molecule has 0 radical (unpaired) electrons. The molecule has 0 aromatic heterocycles. The van der Waals surface area contributed by atoms with Crippen molar-refractivity contribution in [1.82, 2.24) is 5.32 Å². The number of amides is 2. The molecule has 0 fully saturated rings. The Labute approximate surface area is 90.4 Å². The van der Waals surface area contributed by atoms with Gasteiger partial charge in [0.1, 0.15) is 0 Å². The van der Waals surface area contributed by atoms with Crippen LogP contribution in [0.4, 0.5) is 10.5 Å². The third-order valence-electron chi connectivity index (χ3n) is 2.00. The predicted octanol–water partition coefficient (Wildman–Crippen LogP) is 2.76. The molecule has 0 bridgehead atoms. The van der Waals surface area contributed by atoms with E-state index in [9.17, 15) is 4.79 Å². The first-order chi connectivity index (χ1) is 7.29. The van der Waals surface area contributed by atoms with Crippen molar-refractivity contribution in [3.05, 3.63) is 42.6 Å². The fourth-order valence-corrected chi connectivity index (χ4v) is 1.28. The van der Waals surface area contributed by atoms with Crippen LogP contribution in [-0.2, 0) is 0 Å². The highest BCUT2D eigenvalue weighted by molar-refractivity contribution is 5.92. The molecule has 1 N–H and O–H groups in total. The maximum absolute atomic E-state index is 11.7. The summed E-state index contributed by atoms with van der Waals surface area (Å²) in [5.74, 6) is 0. The van der Waals surface area contributed by atoms with Crippen LogP contribution in [0.15, 0.2) is 42.6 Å². The predicted molar refractivity (Wildman–Crippen MR) is 62.8 cm³/mol. The summed E-state index contributed by atoms with van der Waals surface area (Å²) in [7, 11) is 0. The molecule has 1 aromatic carbocycles. The van der Waals surface area contributed by atoms with Crippen molar-refractivity contribution in [2.24, 2.45) is 0 Å². The lowest BCUT2D eigenvalue weighted by molar-refractivity contribution is 0.249. The van der Waals surface area contributed by atoms with Gasteiger partial charge in [0.2, 0.25) is 0 Å². The Kier molecular flexibility index (Phi) is 4.41. The lowest BCUT2D eigenvalue weighted by atomic mass is 10.3. The fraction of sp³-hybridized carbons (Fsp3) is 0.250. The molecule has 80 valence electrons. The van der Waals surface area contributed by atoms with Crippen LogP contribution in [0, 0.1) is 0 Å². The second kappa shape index (κ2) is 5.86. The van der Waals surface area contributed by atoms with Crippen molar-refractivity contribution in [3.8, 4) is 0 Å². The highest BCUT2D eigenvalue weighted by Gasteiger charge is 2.10. The Balaban J connectivity index is 2.76. The molecule has 3 nitrogen and oxygen atoms in total. The molecule has 0 aliphatic carbocycles. The molecule has 15 heavy (non-hydrogen) atoms. The third kappa shape index (κ3) is 3.13. The average molecular weight is 204 g/mol. The van der Waals surface area contributed by atoms with Crippen LogP contribution in [0.25, 0.3) is 0 Å². The Morgan fingerprint density at radius 3 is 2.60 bits per heavy atom. The lowest BCUT2D eigenvalue weighted by Crippen LogP contribution is -2.37. The Bertz CT molecular complexity index is 333. The summed E-state index contributed by atoms with van der Waals surface area (Å²) in [4.78, 5) is 13.4. The van der Waals surface area contributed by atoms with Gasteiger partial charge >= 0.3 is 6.03 Å². The molecule has 1 rings (SSSR count). The molecule has 1 aromatic rings. The minimum atomic E-state index is -0.109. The first-order valence-electron chi connectivity index (χ1n) is 5.03. The summed E-state index contributed by atoms with van der Waals surface area (Å²) in [6, 6.07) is 9.49. The van der Waals surface area contributed by atoms with E-state index in [2.05, 4.69) is 5.32 Å².